The zero-order valence-corrected chi connectivity index (χ0v) is 14.0. The van der Waals surface area contributed by atoms with Crippen molar-refractivity contribution in [3.05, 3.63) is 28.5 Å². The predicted molar refractivity (Wildman–Crippen MR) is 83.9 cm³/mol. The summed E-state index contributed by atoms with van der Waals surface area (Å²) in [5, 5.41) is 3.26. The molecule has 1 aliphatic rings. The van der Waals surface area contributed by atoms with Gasteiger partial charge in [0.15, 0.2) is 0 Å². The van der Waals surface area contributed by atoms with E-state index in [4.69, 9.17) is 4.74 Å². The number of ether oxygens (including phenoxy) is 1. The monoisotopic (exact) mass is 358 g/mol. The zero-order valence-electron chi connectivity index (χ0n) is 12.5. The van der Waals surface area contributed by atoms with Crippen molar-refractivity contribution in [3.63, 3.8) is 0 Å². The van der Waals surface area contributed by atoms with Gasteiger partial charge in [0, 0.05) is 23.6 Å². The fraction of sp³-hybridized carbons (Fsp3) is 0.533. The molecule has 0 saturated carbocycles. The third kappa shape index (κ3) is 4.59. The number of nitrogens with one attached hydrogen (secondary N) is 1. The molecule has 1 aromatic rings. The highest BCUT2D eigenvalue weighted by molar-refractivity contribution is 9.10. The normalized spacial score (nSPS) is 18.7. The van der Waals surface area contributed by atoms with Gasteiger partial charge in [0.2, 0.25) is 0 Å². The largest absolute Gasteiger partial charge is 0.444 e. The maximum atomic E-state index is 13.3. The highest BCUT2D eigenvalue weighted by Gasteiger charge is 2.29. The van der Waals surface area contributed by atoms with Crippen LogP contribution in [-0.4, -0.2) is 35.7 Å². The molecule has 0 spiro atoms. The molecule has 0 bridgehead atoms. The molecule has 1 aliphatic heterocycles. The lowest BCUT2D eigenvalue weighted by Crippen LogP contribution is -2.36. The quantitative estimate of drug-likeness (QED) is 0.868. The zero-order chi connectivity index (χ0) is 15.6. The van der Waals surface area contributed by atoms with E-state index in [2.05, 4.69) is 21.2 Å². The van der Waals surface area contributed by atoms with Crippen molar-refractivity contribution >= 4 is 27.7 Å². The Morgan fingerprint density at radius 1 is 1.48 bits per heavy atom. The molecule has 6 heteroatoms. The first-order valence-corrected chi connectivity index (χ1v) is 7.73. The van der Waals surface area contributed by atoms with Gasteiger partial charge in [-0.2, -0.15) is 0 Å². The number of hydrogen-bond donors (Lipinski definition) is 1. The first-order valence-electron chi connectivity index (χ1n) is 6.94. The molecule has 1 unspecified atom stereocenters. The van der Waals surface area contributed by atoms with Gasteiger partial charge in [-0.1, -0.05) is 0 Å². The second kappa shape index (κ2) is 6.22. The second-order valence-electron chi connectivity index (χ2n) is 6.18. The number of benzene rings is 1. The van der Waals surface area contributed by atoms with Gasteiger partial charge < -0.3 is 15.0 Å². The molecular weight excluding hydrogens is 339 g/mol. The maximum Gasteiger partial charge on any atom is 0.410 e. The average Bonchev–Trinajstić information content (AvgIpc) is 2.80. The van der Waals surface area contributed by atoms with Gasteiger partial charge >= 0.3 is 6.09 Å². The van der Waals surface area contributed by atoms with Crippen LogP contribution in [0.25, 0.3) is 0 Å². The molecule has 1 aromatic carbocycles. The molecule has 1 amide bonds. The van der Waals surface area contributed by atoms with Crippen LogP contribution >= 0.6 is 15.9 Å². The van der Waals surface area contributed by atoms with Gasteiger partial charge in [0.25, 0.3) is 0 Å². The summed E-state index contributed by atoms with van der Waals surface area (Å²) >= 11 is 3.39. The molecule has 0 aliphatic carbocycles. The Labute approximate surface area is 132 Å². The number of carbonyl (C=O) groups excluding carboxylic acids is 1. The number of amides is 1. The molecule has 0 aromatic heterocycles. The lowest BCUT2D eigenvalue weighted by atomic mass is 10.2. The molecule has 2 rings (SSSR count). The van der Waals surface area contributed by atoms with Crippen LogP contribution in [0, 0.1) is 5.82 Å². The summed E-state index contributed by atoms with van der Waals surface area (Å²) in [6.07, 6.45) is 0.507. The second-order valence-corrected chi connectivity index (χ2v) is 7.03. The van der Waals surface area contributed by atoms with Gasteiger partial charge in [-0.25, -0.2) is 9.18 Å². The Bertz CT molecular complexity index is 531. The van der Waals surface area contributed by atoms with Crippen molar-refractivity contribution in [2.45, 2.75) is 38.8 Å². The first-order chi connectivity index (χ1) is 9.74. The Morgan fingerprint density at radius 3 is 2.86 bits per heavy atom. The maximum absolute atomic E-state index is 13.3. The molecule has 21 heavy (non-hydrogen) atoms. The fourth-order valence-electron chi connectivity index (χ4n) is 2.20. The van der Waals surface area contributed by atoms with Gasteiger partial charge in [-0.3, -0.25) is 0 Å². The van der Waals surface area contributed by atoms with E-state index in [1.807, 2.05) is 20.8 Å². The number of carbonyl (C=O) groups is 1. The van der Waals surface area contributed by atoms with Crippen LogP contribution in [0.2, 0.25) is 0 Å². The van der Waals surface area contributed by atoms with Crippen LogP contribution in [0.15, 0.2) is 22.7 Å². The predicted octanol–water partition coefficient (Wildman–Crippen LogP) is 4.01. The van der Waals surface area contributed by atoms with Crippen LogP contribution in [-0.2, 0) is 4.74 Å². The summed E-state index contributed by atoms with van der Waals surface area (Å²) in [6.45, 7) is 6.74. The van der Waals surface area contributed by atoms with Crippen molar-refractivity contribution < 1.29 is 13.9 Å². The molecule has 1 fully saturated rings. The van der Waals surface area contributed by atoms with Gasteiger partial charge in [-0.15, -0.1) is 0 Å². The van der Waals surface area contributed by atoms with Crippen molar-refractivity contribution in [2.24, 2.45) is 0 Å². The van der Waals surface area contributed by atoms with Gasteiger partial charge in [0.05, 0.1) is 5.69 Å². The standard InChI is InChI=1S/C15H20BrFN2O2/c1-15(2,3)21-14(20)19-7-6-11(9-19)18-13-8-10(17)4-5-12(13)16/h4-5,8,11,18H,6-7,9H2,1-3H3. The molecule has 0 radical (unpaired) electrons. The minimum atomic E-state index is -0.492. The third-order valence-electron chi connectivity index (χ3n) is 3.13. The van der Waals surface area contributed by atoms with Gasteiger partial charge in [0.1, 0.15) is 11.4 Å². The molecule has 1 N–H and O–H groups in total. The summed E-state index contributed by atoms with van der Waals surface area (Å²) in [5.41, 5.74) is 0.208. The van der Waals surface area contributed by atoms with Gasteiger partial charge in [-0.05, 0) is 61.3 Å². The average molecular weight is 359 g/mol. The van der Waals surface area contributed by atoms with Crippen LogP contribution in [0.4, 0.5) is 14.9 Å². The van der Waals surface area contributed by atoms with E-state index in [0.717, 1.165) is 10.9 Å². The Balaban J connectivity index is 1.93. The Hall–Kier alpha value is -1.30. The van der Waals surface area contributed by atoms with Crippen LogP contribution in [0.1, 0.15) is 27.2 Å². The Kier molecular flexibility index (Phi) is 4.76. The first kappa shape index (κ1) is 16.1. The number of nitrogens with zero attached hydrogens (tertiary/aromatic N) is 1. The number of hydrogen-bond acceptors (Lipinski definition) is 3. The van der Waals surface area contributed by atoms with Crippen LogP contribution in [0.5, 0.6) is 0 Å². The number of halogens is 2. The minimum absolute atomic E-state index is 0.0932. The van der Waals surface area contributed by atoms with E-state index in [9.17, 15) is 9.18 Å². The number of likely N-dealkylation sites (tertiary alicyclic amines) is 1. The van der Waals surface area contributed by atoms with Crippen molar-refractivity contribution in [1.82, 2.24) is 4.90 Å². The third-order valence-corrected chi connectivity index (χ3v) is 3.82. The summed E-state index contributed by atoms with van der Waals surface area (Å²) in [6, 6.07) is 4.60. The van der Waals surface area contributed by atoms with E-state index in [0.29, 0.717) is 18.8 Å². The fourth-order valence-corrected chi connectivity index (χ4v) is 2.56. The summed E-state index contributed by atoms with van der Waals surface area (Å²) < 4.78 is 19.4. The summed E-state index contributed by atoms with van der Waals surface area (Å²) in [5.74, 6) is -0.289. The minimum Gasteiger partial charge on any atom is -0.444 e. The molecule has 4 nitrogen and oxygen atoms in total. The lowest BCUT2D eigenvalue weighted by Gasteiger charge is -2.24. The summed E-state index contributed by atoms with van der Waals surface area (Å²) in [7, 11) is 0. The van der Waals surface area contributed by atoms with Crippen molar-refractivity contribution in [2.75, 3.05) is 18.4 Å². The molecule has 1 atom stereocenters. The molecule has 116 valence electrons. The van der Waals surface area contributed by atoms with E-state index >= 15 is 0 Å². The summed E-state index contributed by atoms with van der Waals surface area (Å²) in [4.78, 5) is 13.7. The van der Waals surface area contributed by atoms with Crippen molar-refractivity contribution in [3.8, 4) is 0 Å². The van der Waals surface area contributed by atoms with Crippen LogP contribution < -0.4 is 5.32 Å². The topological polar surface area (TPSA) is 41.6 Å². The highest BCUT2D eigenvalue weighted by Crippen LogP contribution is 2.26. The van der Waals surface area contributed by atoms with E-state index < -0.39 is 5.60 Å². The SMILES string of the molecule is CC(C)(C)OC(=O)N1CCC(Nc2cc(F)ccc2Br)C1. The molecule has 1 heterocycles. The number of anilines is 1. The van der Waals surface area contributed by atoms with Crippen LogP contribution in [0.3, 0.4) is 0 Å². The smallest absolute Gasteiger partial charge is 0.410 e. The van der Waals surface area contributed by atoms with Crippen molar-refractivity contribution in [1.29, 1.82) is 0 Å². The molecular formula is C15H20BrFN2O2. The van der Waals surface area contributed by atoms with E-state index in [-0.39, 0.29) is 18.0 Å². The Morgan fingerprint density at radius 2 is 2.19 bits per heavy atom. The highest BCUT2D eigenvalue weighted by atomic mass is 79.9. The van der Waals surface area contributed by atoms with E-state index in [1.54, 1.807) is 11.0 Å². The van der Waals surface area contributed by atoms with E-state index in [1.165, 1.54) is 12.1 Å². The molecule has 1 saturated heterocycles. The lowest BCUT2D eigenvalue weighted by molar-refractivity contribution is 0.0293. The number of rotatable bonds is 2.